The molecule has 1 N–H and O–H groups in total. The number of halogens is 1. The fourth-order valence-electron chi connectivity index (χ4n) is 8.60. The number of piperidine rings is 1. The highest BCUT2D eigenvalue weighted by Crippen LogP contribution is 2.36. The summed E-state index contributed by atoms with van der Waals surface area (Å²) in [4.78, 5) is 41.1. The zero-order chi connectivity index (χ0) is 37.5. The molecule has 3 aliphatic heterocycles. The zero-order valence-corrected chi connectivity index (χ0v) is 31.1. The number of imidazole rings is 1. The van der Waals surface area contributed by atoms with Gasteiger partial charge in [0.2, 0.25) is 11.8 Å². The molecule has 3 fully saturated rings. The van der Waals surface area contributed by atoms with Gasteiger partial charge in [-0.25, -0.2) is 18.9 Å². The highest BCUT2D eigenvalue weighted by Gasteiger charge is 2.32. The first-order valence-electron chi connectivity index (χ1n) is 19.5. The number of nitrogens with one attached hydrogen (secondary N) is 1. The molecular formula is C42H45FN10O2. The summed E-state index contributed by atoms with van der Waals surface area (Å²) in [6, 6.07) is 23.6. The average Bonchev–Trinajstić information content (AvgIpc) is 3.94. The maximum atomic E-state index is 14.1. The number of nitrogens with zero attached hydrogens (tertiary/aromatic N) is 9. The molecule has 282 valence electrons. The number of piperazine rings is 1. The van der Waals surface area contributed by atoms with E-state index in [1.54, 1.807) is 12.1 Å². The zero-order valence-electron chi connectivity index (χ0n) is 31.1. The molecule has 0 radical (unpaired) electrons. The summed E-state index contributed by atoms with van der Waals surface area (Å²) in [5.74, 6) is 0.742. The van der Waals surface area contributed by atoms with Crippen LogP contribution in [0.15, 0.2) is 79.0 Å². The largest absolute Gasteiger partial charge is 0.354 e. The fourth-order valence-corrected chi connectivity index (χ4v) is 8.60. The van der Waals surface area contributed by atoms with Crippen molar-refractivity contribution in [3.05, 3.63) is 102 Å². The van der Waals surface area contributed by atoms with Crippen LogP contribution in [0.2, 0.25) is 0 Å². The van der Waals surface area contributed by atoms with Gasteiger partial charge in [-0.3, -0.25) is 24.5 Å². The minimum absolute atomic E-state index is 0.0822. The topological polar surface area (TPSA) is 117 Å². The molecule has 55 heavy (non-hydrogen) atoms. The van der Waals surface area contributed by atoms with Crippen molar-refractivity contribution in [2.75, 3.05) is 49.1 Å². The first kappa shape index (κ1) is 35.0. The summed E-state index contributed by atoms with van der Waals surface area (Å²) < 4.78 is 17.8. The normalized spacial score (nSPS) is 19.5. The Kier molecular flexibility index (Phi) is 9.47. The molecule has 3 aliphatic rings. The van der Waals surface area contributed by atoms with Gasteiger partial charge in [-0.2, -0.15) is 5.10 Å². The Balaban J connectivity index is 0.798. The number of aryl methyl sites for hydroxylation is 2. The summed E-state index contributed by atoms with van der Waals surface area (Å²) in [7, 11) is 1.92. The van der Waals surface area contributed by atoms with E-state index in [1.807, 2.05) is 46.7 Å². The molecule has 2 atom stereocenters. The Labute approximate surface area is 319 Å². The number of imide groups is 1. The Bertz CT molecular complexity index is 2380. The van der Waals surface area contributed by atoms with E-state index in [4.69, 9.17) is 10.1 Å². The maximum Gasteiger partial charge on any atom is 0.235 e. The van der Waals surface area contributed by atoms with Crippen LogP contribution >= 0.6 is 0 Å². The van der Waals surface area contributed by atoms with Crippen molar-refractivity contribution >= 4 is 40.0 Å². The molecule has 2 amide bonds. The number of hydrogen-bond acceptors (Lipinski definition) is 9. The number of unbranched alkanes of at least 4 members (excludes halogenated alkanes) is 1. The number of hydrogen-bond donors (Lipinski definition) is 1. The van der Waals surface area contributed by atoms with Crippen molar-refractivity contribution in [1.82, 2.24) is 39.6 Å². The molecule has 0 saturated carbocycles. The van der Waals surface area contributed by atoms with Gasteiger partial charge in [-0.1, -0.05) is 30.3 Å². The van der Waals surface area contributed by atoms with E-state index in [9.17, 15) is 14.0 Å². The predicted octanol–water partition coefficient (Wildman–Crippen LogP) is 5.82. The van der Waals surface area contributed by atoms with Gasteiger partial charge in [0.05, 0.1) is 35.1 Å². The smallest absolute Gasteiger partial charge is 0.235 e. The molecule has 1 unspecified atom stereocenters. The van der Waals surface area contributed by atoms with Gasteiger partial charge >= 0.3 is 0 Å². The van der Waals surface area contributed by atoms with Crippen LogP contribution in [0.5, 0.6) is 0 Å². The molecule has 0 aliphatic carbocycles. The molecule has 7 heterocycles. The van der Waals surface area contributed by atoms with Gasteiger partial charge in [0.25, 0.3) is 0 Å². The molecule has 0 bridgehead atoms. The molecule has 9 rings (SSSR count). The highest BCUT2D eigenvalue weighted by molar-refractivity contribution is 6.02. The molecule has 0 spiro atoms. The molecule has 13 heteroatoms. The number of amides is 2. The first-order chi connectivity index (χ1) is 26.9. The SMILES string of the molecule is Cn1nc(C2CCC(=O)NC2=O)c2ccc(CCCCN3CCN(c4cccc(-c5cnc6ccc(N7CCC[C@@H]7c7cccc(F)c7)nn56)n4)CC3)cc21. The lowest BCUT2D eigenvalue weighted by Gasteiger charge is -2.35. The number of benzene rings is 2. The van der Waals surface area contributed by atoms with E-state index in [2.05, 4.69) is 60.4 Å². The second-order valence-electron chi connectivity index (χ2n) is 15.0. The summed E-state index contributed by atoms with van der Waals surface area (Å²) in [5.41, 5.74) is 6.45. The third kappa shape index (κ3) is 7.04. The lowest BCUT2D eigenvalue weighted by molar-refractivity contribution is -0.134. The van der Waals surface area contributed by atoms with E-state index < -0.39 is 0 Å². The number of aromatic nitrogens is 6. The number of rotatable bonds is 10. The van der Waals surface area contributed by atoms with E-state index in [0.717, 1.165) is 122 Å². The van der Waals surface area contributed by atoms with Crippen molar-refractivity contribution in [3.63, 3.8) is 0 Å². The van der Waals surface area contributed by atoms with E-state index in [0.29, 0.717) is 12.8 Å². The number of fused-ring (bicyclic) bond motifs is 2. The molecule has 2 aromatic carbocycles. The summed E-state index contributed by atoms with van der Waals surface area (Å²) >= 11 is 0. The number of carbonyl (C=O) groups excluding carboxylic acids is 2. The maximum absolute atomic E-state index is 14.1. The van der Waals surface area contributed by atoms with Gasteiger partial charge in [-0.15, -0.1) is 5.10 Å². The lowest BCUT2D eigenvalue weighted by Crippen LogP contribution is -2.46. The monoisotopic (exact) mass is 740 g/mol. The van der Waals surface area contributed by atoms with Gasteiger partial charge < -0.3 is 9.80 Å². The van der Waals surface area contributed by atoms with Crippen molar-refractivity contribution in [2.45, 2.75) is 56.9 Å². The molecule has 12 nitrogen and oxygen atoms in total. The van der Waals surface area contributed by atoms with Crippen LogP contribution in [0.25, 0.3) is 27.9 Å². The summed E-state index contributed by atoms with van der Waals surface area (Å²) in [6.45, 7) is 5.71. The van der Waals surface area contributed by atoms with Crippen LogP contribution in [-0.4, -0.2) is 85.3 Å². The van der Waals surface area contributed by atoms with Gasteiger partial charge in [-0.05, 0) is 98.7 Å². The standard InChI is InChI=1S/C42H45FN10O2/c1-49-35-25-28(13-14-31(35)41(48-49)32-15-18-40(54)46-42(32)55)7-2-3-19-50-21-23-51(24-22-50)38-12-5-10-33(45-38)36-27-44-37-16-17-39(47-53(36)37)52-20-6-11-34(52)29-8-4-9-30(43)26-29/h4-5,8-10,12-14,16-17,25-27,32,34H,2-3,6-7,11,15,18-24H2,1H3,(H,46,54,55)/t32?,34-/m1/s1. The van der Waals surface area contributed by atoms with Crippen LogP contribution in [0, 0.1) is 5.82 Å². The van der Waals surface area contributed by atoms with Gasteiger partial charge in [0.15, 0.2) is 5.65 Å². The van der Waals surface area contributed by atoms with E-state index in [1.165, 1.54) is 11.6 Å². The molecular weight excluding hydrogens is 696 g/mol. The number of anilines is 2. The van der Waals surface area contributed by atoms with Crippen molar-refractivity contribution in [2.24, 2.45) is 7.05 Å². The van der Waals surface area contributed by atoms with Crippen LogP contribution in [0.3, 0.4) is 0 Å². The third-order valence-corrected chi connectivity index (χ3v) is 11.5. The quantitative estimate of drug-likeness (QED) is 0.137. The molecule has 4 aromatic heterocycles. The Morgan fingerprint density at radius 2 is 1.75 bits per heavy atom. The minimum Gasteiger partial charge on any atom is -0.354 e. The molecule has 3 saturated heterocycles. The number of carbonyl (C=O) groups is 2. The average molecular weight is 741 g/mol. The van der Waals surface area contributed by atoms with Gasteiger partial charge in [0.1, 0.15) is 23.1 Å². The van der Waals surface area contributed by atoms with Crippen molar-refractivity contribution in [3.8, 4) is 11.4 Å². The van der Waals surface area contributed by atoms with Crippen LogP contribution in [0.1, 0.15) is 67.3 Å². The Morgan fingerprint density at radius 3 is 2.60 bits per heavy atom. The Hall–Kier alpha value is -5.69. The fraction of sp³-hybridized carbons (Fsp3) is 0.381. The molecule has 6 aromatic rings. The van der Waals surface area contributed by atoms with Gasteiger partial charge in [0, 0.05) is 51.6 Å². The third-order valence-electron chi connectivity index (χ3n) is 11.5. The minimum atomic E-state index is -0.389. The van der Waals surface area contributed by atoms with Crippen LogP contribution in [-0.2, 0) is 23.1 Å². The summed E-state index contributed by atoms with van der Waals surface area (Å²) in [6.07, 6.45) is 7.85. The first-order valence-corrected chi connectivity index (χ1v) is 19.5. The van der Waals surface area contributed by atoms with E-state index in [-0.39, 0.29) is 29.6 Å². The van der Waals surface area contributed by atoms with Crippen LogP contribution in [0.4, 0.5) is 16.0 Å². The Morgan fingerprint density at radius 1 is 0.873 bits per heavy atom. The second-order valence-corrected chi connectivity index (χ2v) is 15.0. The predicted molar refractivity (Wildman–Crippen MR) is 209 cm³/mol. The van der Waals surface area contributed by atoms with Crippen molar-refractivity contribution < 1.29 is 14.0 Å². The number of pyridine rings is 1. The van der Waals surface area contributed by atoms with E-state index >= 15 is 0 Å². The highest BCUT2D eigenvalue weighted by atomic mass is 19.1. The lowest BCUT2D eigenvalue weighted by atomic mass is 9.92. The van der Waals surface area contributed by atoms with Crippen LogP contribution < -0.4 is 15.1 Å². The second kappa shape index (κ2) is 14.9. The summed E-state index contributed by atoms with van der Waals surface area (Å²) in [5, 5.41) is 13.2. The van der Waals surface area contributed by atoms with Crippen molar-refractivity contribution in [1.29, 1.82) is 0 Å².